The summed E-state index contributed by atoms with van der Waals surface area (Å²) in [4.78, 5) is 22.8. The van der Waals surface area contributed by atoms with Crippen LogP contribution in [0.4, 0.5) is 0 Å². The van der Waals surface area contributed by atoms with Crippen LogP contribution in [0.2, 0.25) is 0 Å². The largest absolute Gasteiger partial charge is 0.314 e. The summed E-state index contributed by atoms with van der Waals surface area (Å²) in [5.41, 5.74) is 1.93. The summed E-state index contributed by atoms with van der Waals surface area (Å²) in [5.74, 6) is 0. The van der Waals surface area contributed by atoms with Gasteiger partial charge in [-0.15, -0.1) is 15.5 Å². The number of hydrogen-bond acceptors (Lipinski definition) is 5. The molecule has 84 valence electrons. The van der Waals surface area contributed by atoms with E-state index in [-0.39, 0.29) is 6.61 Å². The lowest BCUT2D eigenvalue weighted by Crippen LogP contribution is -2.19. The highest BCUT2D eigenvalue weighted by Gasteiger charge is 1.90. The molecule has 0 spiro atoms. The summed E-state index contributed by atoms with van der Waals surface area (Å²) in [6.07, 6.45) is 1.68. The Morgan fingerprint density at radius 3 is 2.07 bits per heavy atom. The molecule has 0 fully saturated rings. The molecule has 0 aromatic heterocycles. The van der Waals surface area contributed by atoms with Crippen LogP contribution in [0.1, 0.15) is 26.7 Å². The van der Waals surface area contributed by atoms with Gasteiger partial charge in [0.2, 0.25) is 0 Å². The van der Waals surface area contributed by atoms with E-state index in [2.05, 4.69) is 4.84 Å². The van der Waals surface area contributed by atoms with Crippen LogP contribution in [0.3, 0.4) is 0 Å². The summed E-state index contributed by atoms with van der Waals surface area (Å²) in [6.45, 7) is 4.22. The number of unbranched alkanes of at least 4 members (excludes halogenated alkanes) is 1. The lowest BCUT2D eigenvalue weighted by Gasteiger charge is -1.92. The van der Waals surface area contributed by atoms with E-state index in [1.807, 2.05) is 12.3 Å². The Bertz CT molecular complexity index is 164. The molecular formula is C6H15N3O5. The second kappa shape index (κ2) is 11.4. The van der Waals surface area contributed by atoms with Crippen LogP contribution in [0.5, 0.6) is 0 Å². The molecule has 0 aliphatic carbocycles. The molecular weight excluding hydrogens is 194 g/mol. The van der Waals surface area contributed by atoms with Gasteiger partial charge < -0.3 is 4.84 Å². The zero-order valence-corrected chi connectivity index (χ0v) is 8.26. The summed E-state index contributed by atoms with van der Waals surface area (Å²) >= 11 is 0. The fraction of sp³-hybridized carbons (Fsp3) is 1.00. The molecule has 0 aromatic rings. The third-order valence-electron chi connectivity index (χ3n) is 0.982. The maximum Gasteiger partial charge on any atom is 0.294 e. The first-order chi connectivity index (χ1) is 6.54. The molecule has 0 radical (unpaired) electrons. The van der Waals surface area contributed by atoms with E-state index in [1.54, 1.807) is 6.92 Å². The predicted octanol–water partition coefficient (Wildman–Crippen LogP) is 0.782. The van der Waals surface area contributed by atoms with Crippen molar-refractivity contribution in [2.75, 3.05) is 13.2 Å². The Morgan fingerprint density at radius 1 is 1.29 bits per heavy atom. The first-order valence-electron chi connectivity index (χ1n) is 4.19. The molecule has 0 aliphatic rings. The van der Waals surface area contributed by atoms with Crippen molar-refractivity contribution in [3.8, 4) is 0 Å². The topological polar surface area (TPSA) is 108 Å². The number of hydrogen-bond donors (Lipinski definition) is 1. The van der Waals surface area contributed by atoms with Crippen LogP contribution >= 0.6 is 0 Å². The fourth-order valence-electron chi connectivity index (χ4n) is 0.413. The minimum absolute atomic E-state index is 0.226. The SMILES string of the molecule is CCCCO[N+](=O)[O-].CCN[N+](=O)[O-]. The summed E-state index contributed by atoms with van der Waals surface area (Å²) in [7, 11) is 0. The number of hydrazine groups is 1. The number of nitro groups is 1. The Kier molecular flexibility index (Phi) is 12.1. The number of rotatable bonds is 6. The highest BCUT2D eigenvalue weighted by molar-refractivity contribution is 4.25. The van der Waals surface area contributed by atoms with Gasteiger partial charge in [-0.05, 0) is 13.3 Å². The van der Waals surface area contributed by atoms with Gasteiger partial charge in [0.25, 0.3) is 5.09 Å². The maximum atomic E-state index is 9.46. The fourth-order valence-corrected chi connectivity index (χ4v) is 0.413. The van der Waals surface area contributed by atoms with E-state index in [4.69, 9.17) is 0 Å². The van der Waals surface area contributed by atoms with Gasteiger partial charge >= 0.3 is 0 Å². The molecule has 0 saturated heterocycles. The molecule has 0 heterocycles. The van der Waals surface area contributed by atoms with Crippen molar-refractivity contribution in [1.29, 1.82) is 0 Å². The molecule has 1 N–H and O–H groups in total. The van der Waals surface area contributed by atoms with E-state index < -0.39 is 10.1 Å². The maximum absolute atomic E-state index is 9.46. The second-order valence-electron chi connectivity index (χ2n) is 2.18. The predicted molar refractivity (Wildman–Crippen MR) is 48.5 cm³/mol. The van der Waals surface area contributed by atoms with Gasteiger partial charge in [0.1, 0.15) is 0 Å². The molecule has 8 nitrogen and oxygen atoms in total. The van der Waals surface area contributed by atoms with E-state index in [0.717, 1.165) is 12.8 Å². The molecule has 0 amide bonds. The van der Waals surface area contributed by atoms with E-state index in [9.17, 15) is 20.2 Å². The van der Waals surface area contributed by atoms with Gasteiger partial charge in [0.05, 0.1) is 13.2 Å². The zero-order chi connectivity index (χ0) is 11.4. The first kappa shape index (κ1) is 14.9. The van der Waals surface area contributed by atoms with Crippen molar-refractivity contribution in [3.63, 3.8) is 0 Å². The first-order valence-corrected chi connectivity index (χ1v) is 4.19. The van der Waals surface area contributed by atoms with Gasteiger partial charge in [-0.2, -0.15) is 0 Å². The molecule has 8 heteroatoms. The Balaban J connectivity index is 0. The average molecular weight is 209 g/mol. The van der Waals surface area contributed by atoms with Crippen LogP contribution in [0, 0.1) is 20.2 Å². The molecule has 0 atom stereocenters. The van der Waals surface area contributed by atoms with Gasteiger partial charge in [-0.3, -0.25) is 0 Å². The minimum Gasteiger partial charge on any atom is -0.314 e. The zero-order valence-electron chi connectivity index (χ0n) is 8.26. The Labute approximate surface area is 81.5 Å². The smallest absolute Gasteiger partial charge is 0.294 e. The monoisotopic (exact) mass is 209 g/mol. The van der Waals surface area contributed by atoms with Gasteiger partial charge in [-0.1, -0.05) is 13.3 Å². The number of nitrogens with one attached hydrogen (secondary N) is 1. The van der Waals surface area contributed by atoms with Gasteiger partial charge in [0.15, 0.2) is 5.03 Å². The van der Waals surface area contributed by atoms with Crippen molar-refractivity contribution >= 4 is 0 Å². The normalized spacial score (nSPS) is 8.14. The molecule has 0 bridgehead atoms. The Hall–Kier alpha value is -1.60. The summed E-state index contributed by atoms with van der Waals surface area (Å²) in [5, 5.41) is 17.4. The third-order valence-corrected chi connectivity index (χ3v) is 0.982. The van der Waals surface area contributed by atoms with Gasteiger partial charge in [-0.25, -0.2) is 10.1 Å². The number of nitrogens with zero attached hydrogens (tertiary/aromatic N) is 2. The molecule has 0 aliphatic heterocycles. The molecule has 14 heavy (non-hydrogen) atoms. The van der Waals surface area contributed by atoms with Crippen LogP contribution in [0.15, 0.2) is 0 Å². The van der Waals surface area contributed by atoms with E-state index >= 15 is 0 Å². The third kappa shape index (κ3) is 22.4. The van der Waals surface area contributed by atoms with Gasteiger partial charge in [0, 0.05) is 0 Å². The van der Waals surface area contributed by atoms with Crippen molar-refractivity contribution in [2.24, 2.45) is 0 Å². The van der Waals surface area contributed by atoms with Crippen molar-refractivity contribution in [3.05, 3.63) is 20.2 Å². The highest BCUT2D eigenvalue weighted by Crippen LogP contribution is 1.86. The van der Waals surface area contributed by atoms with Crippen LogP contribution in [-0.2, 0) is 4.84 Å². The van der Waals surface area contributed by atoms with E-state index in [0.29, 0.717) is 6.54 Å². The minimum atomic E-state index is -0.768. The Morgan fingerprint density at radius 2 is 1.86 bits per heavy atom. The molecule has 0 aromatic carbocycles. The van der Waals surface area contributed by atoms with Crippen LogP contribution < -0.4 is 5.43 Å². The standard InChI is InChI=1S/C4H9NO3.C2H6N2O2/c1-2-3-4-8-5(6)7;1-2-3-4(5)6/h2-4H2,1H3;3H,2H2,1H3. The quantitative estimate of drug-likeness (QED) is 0.393. The summed E-state index contributed by atoms with van der Waals surface area (Å²) in [6, 6.07) is 0. The molecule has 0 rings (SSSR count). The average Bonchev–Trinajstić information content (AvgIpc) is 2.05. The van der Waals surface area contributed by atoms with E-state index in [1.165, 1.54) is 0 Å². The summed E-state index contributed by atoms with van der Waals surface area (Å²) < 4.78 is 0. The van der Waals surface area contributed by atoms with Crippen LogP contribution in [0.25, 0.3) is 0 Å². The van der Waals surface area contributed by atoms with Crippen molar-refractivity contribution < 1.29 is 15.0 Å². The second-order valence-corrected chi connectivity index (χ2v) is 2.18. The van der Waals surface area contributed by atoms with Crippen molar-refractivity contribution in [2.45, 2.75) is 26.7 Å². The lowest BCUT2D eigenvalue weighted by atomic mass is 10.4. The lowest BCUT2D eigenvalue weighted by molar-refractivity contribution is -0.757. The van der Waals surface area contributed by atoms with Crippen molar-refractivity contribution in [1.82, 2.24) is 5.43 Å². The highest BCUT2D eigenvalue weighted by atomic mass is 16.9. The van der Waals surface area contributed by atoms with Crippen LogP contribution in [-0.4, -0.2) is 23.3 Å². The molecule has 0 unspecified atom stereocenters. The molecule has 0 saturated carbocycles.